The molecule has 0 spiro atoms. The van der Waals surface area contributed by atoms with Crippen LogP contribution in [0.2, 0.25) is 0 Å². The molecule has 0 bridgehead atoms. The summed E-state index contributed by atoms with van der Waals surface area (Å²) in [6.07, 6.45) is 6.88. The van der Waals surface area contributed by atoms with Crippen molar-refractivity contribution >= 4 is 16.9 Å². The number of fused-ring (bicyclic) bond motifs is 2. The van der Waals surface area contributed by atoms with E-state index >= 15 is 0 Å². The Morgan fingerprint density at radius 3 is 2.67 bits per heavy atom. The molecule has 134 valence electrons. The summed E-state index contributed by atoms with van der Waals surface area (Å²) in [5, 5.41) is 1.12. The lowest BCUT2D eigenvalue weighted by atomic mass is 9.88. The minimum Gasteiger partial charge on any atom is -0.361 e. The van der Waals surface area contributed by atoms with Crippen LogP contribution in [-0.4, -0.2) is 27.0 Å². The van der Waals surface area contributed by atoms with Crippen LogP contribution in [0.1, 0.15) is 22.7 Å². The van der Waals surface area contributed by atoms with Crippen molar-refractivity contribution in [1.29, 1.82) is 0 Å². The first-order valence-corrected chi connectivity index (χ1v) is 9.10. The predicted molar refractivity (Wildman–Crippen MR) is 106 cm³/mol. The lowest BCUT2D eigenvalue weighted by molar-refractivity contribution is 0.190. The lowest BCUT2D eigenvalue weighted by Crippen LogP contribution is -2.43. The van der Waals surface area contributed by atoms with Crippen molar-refractivity contribution in [2.24, 2.45) is 5.73 Å². The van der Waals surface area contributed by atoms with E-state index < -0.39 is 0 Å². The van der Waals surface area contributed by atoms with Gasteiger partial charge < -0.3 is 20.2 Å². The summed E-state index contributed by atoms with van der Waals surface area (Å²) in [7, 11) is 0. The molecular weight excluding hydrogens is 336 g/mol. The van der Waals surface area contributed by atoms with Crippen molar-refractivity contribution in [1.82, 2.24) is 14.5 Å². The van der Waals surface area contributed by atoms with Gasteiger partial charge in [0, 0.05) is 47.3 Å². The van der Waals surface area contributed by atoms with Gasteiger partial charge in [-0.25, -0.2) is 4.79 Å². The van der Waals surface area contributed by atoms with Gasteiger partial charge >= 0.3 is 6.03 Å². The Morgan fingerprint density at radius 1 is 1.04 bits per heavy atom. The molecule has 2 aromatic heterocycles. The van der Waals surface area contributed by atoms with Crippen molar-refractivity contribution in [2.45, 2.75) is 12.5 Å². The van der Waals surface area contributed by atoms with Crippen LogP contribution in [0.3, 0.4) is 0 Å². The second-order valence-corrected chi connectivity index (χ2v) is 6.95. The average molecular weight is 356 g/mol. The van der Waals surface area contributed by atoms with Gasteiger partial charge in [-0.15, -0.1) is 0 Å². The van der Waals surface area contributed by atoms with E-state index in [0.717, 1.165) is 34.1 Å². The number of carbonyl (C=O) groups is 1. The maximum atomic E-state index is 12.2. The Kier molecular flexibility index (Phi) is 3.53. The number of urea groups is 1. The summed E-state index contributed by atoms with van der Waals surface area (Å²) < 4.78 is 2.10. The largest absolute Gasteiger partial charge is 0.361 e. The fourth-order valence-corrected chi connectivity index (χ4v) is 4.17. The molecule has 4 aromatic rings. The molecule has 0 saturated carbocycles. The third kappa shape index (κ3) is 2.51. The summed E-state index contributed by atoms with van der Waals surface area (Å²) in [5.41, 5.74) is 11.4. The van der Waals surface area contributed by atoms with Gasteiger partial charge in [-0.2, -0.15) is 0 Å². The van der Waals surface area contributed by atoms with Crippen LogP contribution in [0.15, 0.2) is 73.2 Å². The average Bonchev–Trinajstić information content (AvgIpc) is 3.36. The Hall–Kier alpha value is -3.47. The number of aromatic nitrogens is 2. The first kappa shape index (κ1) is 15.8. The van der Waals surface area contributed by atoms with Gasteiger partial charge in [0.05, 0.1) is 6.04 Å². The van der Waals surface area contributed by atoms with Crippen LogP contribution in [0, 0.1) is 0 Å². The van der Waals surface area contributed by atoms with Crippen molar-refractivity contribution in [2.75, 3.05) is 6.54 Å². The predicted octanol–water partition coefficient (Wildman–Crippen LogP) is 3.98. The van der Waals surface area contributed by atoms with Crippen LogP contribution in [0.5, 0.6) is 0 Å². The maximum absolute atomic E-state index is 12.2. The monoisotopic (exact) mass is 356 g/mol. The molecule has 0 saturated heterocycles. The third-order valence-corrected chi connectivity index (χ3v) is 5.46. The molecular formula is C22H20N4O. The van der Waals surface area contributed by atoms with Crippen LogP contribution in [0.4, 0.5) is 4.79 Å². The first-order chi connectivity index (χ1) is 13.2. The zero-order valence-electron chi connectivity index (χ0n) is 14.8. The fourth-order valence-electron chi connectivity index (χ4n) is 4.17. The smallest absolute Gasteiger partial charge is 0.315 e. The summed E-state index contributed by atoms with van der Waals surface area (Å²) in [6, 6.07) is 18.1. The molecule has 0 aliphatic carbocycles. The van der Waals surface area contributed by atoms with E-state index in [0.29, 0.717) is 6.54 Å². The number of nitrogens with zero attached hydrogens (tertiary/aromatic N) is 2. The lowest BCUT2D eigenvalue weighted by Gasteiger charge is -2.36. The number of hydrogen-bond donors (Lipinski definition) is 2. The van der Waals surface area contributed by atoms with Crippen LogP contribution in [0.25, 0.3) is 16.6 Å². The zero-order chi connectivity index (χ0) is 18.4. The summed E-state index contributed by atoms with van der Waals surface area (Å²) >= 11 is 0. The van der Waals surface area contributed by atoms with Crippen molar-refractivity contribution < 1.29 is 4.79 Å². The number of aromatic amines is 1. The first-order valence-electron chi connectivity index (χ1n) is 9.10. The number of para-hydroxylation sites is 1. The van der Waals surface area contributed by atoms with E-state index in [4.69, 9.17) is 5.73 Å². The Labute approximate surface area is 157 Å². The van der Waals surface area contributed by atoms with Gasteiger partial charge in [0.15, 0.2) is 0 Å². The molecule has 27 heavy (non-hydrogen) atoms. The molecule has 2 amide bonds. The molecule has 1 atom stereocenters. The number of H-pyrrole nitrogens is 1. The van der Waals surface area contributed by atoms with E-state index in [-0.39, 0.29) is 12.1 Å². The highest BCUT2D eigenvalue weighted by molar-refractivity contribution is 5.85. The molecule has 1 unspecified atom stereocenters. The van der Waals surface area contributed by atoms with E-state index in [2.05, 4.69) is 33.8 Å². The number of primary amides is 1. The topological polar surface area (TPSA) is 67.1 Å². The highest BCUT2D eigenvalue weighted by Gasteiger charge is 2.32. The van der Waals surface area contributed by atoms with Gasteiger partial charge in [0.25, 0.3) is 0 Å². The van der Waals surface area contributed by atoms with E-state index in [9.17, 15) is 4.79 Å². The molecule has 3 N–H and O–H groups in total. The van der Waals surface area contributed by atoms with E-state index in [1.54, 1.807) is 4.90 Å². The number of benzene rings is 2. The normalized spacial score (nSPS) is 16.4. The molecule has 3 heterocycles. The molecule has 0 radical (unpaired) electrons. The molecule has 5 rings (SSSR count). The number of rotatable bonds is 2. The Morgan fingerprint density at radius 2 is 1.85 bits per heavy atom. The number of nitrogens with two attached hydrogens (primary N) is 1. The van der Waals surface area contributed by atoms with E-state index in [1.807, 2.05) is 48.9 Å². The summed E-state index contributed by atoms with van der Waals surface area (Å²) in [6.45, 7) is 0.613. The Bertz CT molecular complexity index is 1130. The molecule has 5 nitrogen and oxygen atoms in total. The van der Waals surface area contributed by atoms with Crippen LogP contribution in [-0.2, 0) is 6.42 Å². The van der Waals surface area contributed by atoms with Crippen molar-refractivity contribution in [3.05, 3.63) is 89.9 Å². The molecule has 2 aromatic carbocycles. The Balaban J connectivity index is 1.67. The van der Waals surface area contributed by atoms with Gasteiger partial charge in [-0.05, 0) is 47.9 Å². The number of nitrogens with one attached hydrogen (secondary N) is 1. The molecule has 1 aliphatic rings. The second-order valence-electron chi connectivity index (χ2n) is 6.95. The number of carbonyl (C=O) groups excluding carboxylic acids is 1. The zero-order valence-corrected chi connectivity index (χ0v) is 14.8. The standard InChI is InChI=1S/C22H20N4O/c23-22(27)26-12-9-15-13-16(25-10-3-4-11-25)7-8-17(15)21(26)19-14-24-20-6-2-1-5-18(19)20/h1-8,10-11,13-14,21,24H,9,12H2,(H2,23,27). The third-order valence-electron chi connectivity index (χ3n) is 5.46. The summed E-state index contributed by atoms with van der Waals surface area (Å²) in [5.74, 6) is 0. The fraction of sp³-hybridized carbons (Fsp3) is 0.136. The molecule has 0 fully saturated rings. The van der Waals surface area contributed by atoms with E-state index in [1.165, 1.54) is 5.56 Å². The van der Waals surface area contributed by atoms with Gasteiger partial charge in [0.1, 0.15) is 0 Å². The van der Waals surface area contributed by atoms with Gasteiger partial charge in [-0.1, -0.05) is 24.3 Å². The minimum atomic E-state index is -0.384. The highest BCUT2D eigenvalue weighted by atomic mass is 16.2. The second kappa shape index (κ2) is 6.06. The number of hydrogen-bond acceptors (Lipinski definition) is 1. The molecule has 5 heteroatoms. The van der Waals surface area contributed by atoms with Gasteiger partial charge in [-0.3, -0.25) is 0 Å². The summed E-state index contributed by atoms with van der Waals surface area (Å²) in [4.78, 5) is 17.3. The quantitative estimate of drug-likeness (QED) is 0.560. The SMILES string of the molecule is NC(=O)N1CCc2cc(-n3cccc3)ccc2C1c1c[nH]c2ccccc12. The van der Waals surface area contributed by atoms with Crippen LogP contribution < -0.4 is 5.73 Å². The minimum absolute atomic E-state index is 0.180. The molecule has 1 aliphatic heterocycles. The van der Waals surface area contributed by atoms with Crippen LogP contribution >= 0.6 is 0 Å². The maximum Gasteiger partial charge on any atom is 0.315 e. The number of amides is 2. The van der Waals surface area contributed by atoms with Crippen molar-refractivity contribution in [3.8, 4) is 5.69 Å². The van der Waals surface area contributed by atoms with Gasteiger partial charge in [0.2, 0.25) is 0 Å². The van der Waals surface area contributed by atoms with Crippen molar-refractivity contribution in [3.63, 3.8) is 0 Å². The highest BCUT2D eigenvalue weighted by Crippen LogP contribution is 2.38.